The molecule has 0 heterocycles. The average molecular weight is 388 g/mol. The van der Waals surface area contributed by atoms with Crippen molar-refractivity contribution in [3.05, 3.63) is 70.8 Å². The SMILES string of the molecule is CC(=O)CC(C)Cc1ccc(C#Cc2ccc(C(=O)NC3CCCC3)cc2)cc1. The molecule has 3 rings (SSSR count). The fourth-order valence-corrected chi connectivity index (χ4v) is 3.88. The summed E-state index contributed by atoms with van der Waals surface area (Å²) in [6.45, 7) is 3.75. The molecule has 1 unspecified atom stereocenters. The third-order valence-corrected chi connectivity index (χ3v) is 5.36. The van der Waals surface area contributed by atoms with Gasteiger partial charge < -0.3 is 10.1 Å². The number of carbonyl (C=O) groups excluding carboxylic acids is 2. The molecule has 29 heavy (non-hydrogen) atoms. The number of ketones is 1. The molecule has 3 nitrogen and oxygen atoms in total. The minimum absolute atomic E-state index is 0.00555. The smallest absolute Gasteiger partial charge is 0.251 e. The number of hydrogen-bond acceptors (Lipinski definition) is 2. The normalized spacial score (nSPS) is 14.7. The monoisotopic (exact) mass is 387 g/mol. The molecular weight excluding hydrogens is 358 g/mol. The van der Waals surface area contributed by atoms with E-state index in [0.717, 1.165) is 30.4 Å². The van der Waals surface area contributed by atoms with Crippen molar-refractivity contribution >= 4 is 11.7 Å². The van der Waals surface area contributed by atoms with Gasteiger partial charge in [0.05, 0.1) is 0 Å². The molecule has 0 bridgehead atoms. The molecule has 0 spiro atoms. The number of carbonyl (C=O) groups is 2. The van der Waals surface area contributed by atoms with Crippen molar-refractivity contribution in [1.29, 1.82) is 0 Å². The Kier molecular flexibility index (Phi) is 7.25. The predicted molar refractivity (Wildman–Crippen MR) is 117 cm³/mol. The molecule has 0 aromatic heterocycles. The first-order valence-corrected chi connectivity index (χ1v) is 10.5. The van der Waals surface area contributed by atoms with Crippen LogP contribution < -0.4 is 5.32 Å². The highest BCUT2D eigenvalue weighted by molar-refractivity contribution is 5.94. The topological polar surface area (TPSA) is 46.2 Å². The fourth-order valence-electron chi connectivity index (χ4n) is 3.88. The first-order valence-electron chi connectivity index (χ1n) is 10.5. The zero-order valence-corrected chi connectivity index (χ0v) is 17.3. The lowest BCUT2D eigenvalue weighted by atomic mass is 9.96. The van der Waals surface area contributed by atoms with E-state index in [1.54, 1.807) is 6.92 Å². The van der Waals surface area contributed by atoms with Crippen molar-refractivity contribution in [1.82, 2.24) is 5.32 Å². The Morgan fingerprint density at radius 1 is 0.966 bits per heavy atom. The van der Waals surface area contributed by atoms with Crippen molar-refractivity contribution in [3.8, 4) is 11.8 Å². The molecule has 0 saturated heterocycles. The summed E-state index contributed by atoms with van der Waals surface area (Å²) >= 11 is 0. The third kappa shape index (κ3) is 6.61. The summed E-state index contributed by atoms with van der Waals surface area (Å²) in [7, 11) is 0. The molecule has 1 saturated carbocycles. The van der Waals surface area contributed by atoms with E-state index < -0.39 is 0 Å². The van der Waals surface area contributed by atoms with E-state index >= 15 is 0 Å². The van der Waals surface area contributed by atoms with Gasteiger partial charge in [-0.05, 0) is 74.1 Å². The number of amides is 1. The lowest BCUT2D eigenvalue weighted by Crippen LogP contribution is -2.32. The highest BCUT2D eigenvalue weighted by atomic mass is 16.1. The standard InChI is InChI=1S/C26H29NO2/c1-19(17-20(2)28)18-23-11-9-21(10-12-23)7-8-22-13-15-24(16-14-22)26(29)27-25-5-3-4-6-25/h9-16,19,25H,3-6,17-18H2,1-2H3,(H,27,29). The van der Waals surface area contributed by atoms with Crippen LogP contribution in [0, 0.1) is 17.8 Å². The van der Waals surface area contributed by atoms with Crippen molar-refractivity contribution in [2.75, 3.05) is 0 Å². The number of benzene rings is 2. The molecule has 1 amide bonds. The average Bonchev–Trinajstić information content (AvgIpc) is 3.20. The van der Waals surface area contributed by atoms with Gasteiger partial charge in [0.1, 0.15) is 5.78 Å². The summed E-state index contributed by atoms with van der Waals surface area (Å²) in [5, 5.41) is 3.11. The Morgan fingerprint density at radius 2 is 1.52 bits per heavy atom. The molecule has 150 valence electrons. The van der Waals surface area contributed by atoms with Crippen LogP contribution in [0.15, 0.2) is 48.5 Å². The van der Waals surface area contributed by atoms with E-state index in [9.17, 15) is 9.59 Å². The second-order valence-corrected chi connectivity index (χ2v) is 8.19. The van der Waals surface area contributed by atoms with Gasteiger partial charge in [-0.15, -0.1) is 0 Å². The predicted octanol–water partition coefficient (Wildman–Crippen LogP) is 4.92. The van der Waals surface area contributed by atoms with Gasteiger partial charge in [-0.3, -0.25) is 4.79 Å². The maximum absolute atomic E-state index is 12.3. The van der Waals surface area contributed by atoms with Crippen LogP contribution in [0.25, 0.3) is 0 Å². The van der Waals surface area contributed by atoms with E-state index in [1.807, 2.05) is 36.4 Å². The first-order chi connectivity index (χ1) is 14.0. The summed E-state index contributed by atoms with van der Waals surface area (Å²) in [6, 6.07) is 16.0. The van der Waals surface area contributed by atoms with E-state index in [1.165, 1.54) is 18.4 Å². The number of hydrogen-bond donors (Lipinski definition) is 1. The largest absolute Gasteiger partial charge is 0.349 e. The van der Waals surface area contributed by atoms with Gasteiger partial charge in [-0.25, -0.2) is 0 Å². The van der Waals surface area contributed by atoms with Gasteiger partial charge in [0.2, 0.25) is 0 Å². The molecule has 0 aliphatic heterocycles. The minimum Gasteiger partial charge on any atom is -0.349 e. The second kappa shape index (κ2) is 10.1. The van der Waals surface area contributed by atoms with Crippen LogP contribution >= 0.6 is 0 Å². The maximum Gasteiger partial charge on any atom is 0.251 e. The summed E-state index contributed by atoms with van der Waals surface area (Å²) in [6.07, 6.45) is 6.11. The lowest BCUT2D eigenvalue weighted by molar-refractivity contribution is -0.117. The van der Waals surface area contributed by atoms with Gasteiger partial charge in [-0.1, -0.05) is 43.7 Å². The third-order valence-electron chi connectivity index (χ3n) is 5.36. The van der Waals surface area contributed by atoms with Crippen LogP contribution in [0.1, 0.15) is 73.0 Å². The van der Waals surface area contributed by atoms with Gasteiger partial charge >= 0.3 is 0 Å². The van der Waals surface area contributed by atoms with Crippen molar-refractivity contribution in [3.63, 3.8) is 0 Å². The highest BCUT2D eigenvalue weighted by Gasteiger charge is 2.17. The van der Waals surface area contributed by atoms with E-state index in [4.69, 9.17) is 0 Å². The van der Waals surface area contributed by atoms with Crippen molar-refractivity contribution < 1.29 is 9.59 Å². The van der Waals surface area contributed by atoms with Gasteiger partial charge in [0.15, 0.2) is 0 Å². The maximum atomic E-state index is 12.3. The van der Waals surface area contributed by atoms with Crippen LogP contribution in [-0.2, 0) is 11.2 Å². The Balaban J connectivity index is 1.56. The van der Waals surface area contributed by atoms with Crippen LogP contribution in [0.2, 0.25) is 0 Å². The fraction of sp³-hybridized carbons (Fsp3) is 0.385. The molecule has 1 aliphatic carbocycles. The molecule has 1 aliphatic rings. The highest BCUT2D eigenvalue weighted by Crippen LogP contribution is 2.18. The second-order valence-electron chi connectivity index (χ2n) is 8.19. The van der Waals surface area contributed by atoms with Gasteiger partial charge in [0.25, 0.3) is 5.91 Å². The molecule has 2 aromatic rings. The zero-order valence-electron chi connectivity index (χ0n) is 17.3. The molecule has 3 heteroatoms. The number of nitrogens with one attached hydrogen (secondary N) is 1. The van der Waals surface area contributed by atoms with E-state index in [-0.39, 0.29) is 11.7 Å². The Bertz CT molecular complexity index is 894. The summed E-state index contributed by atoms with van der Waals surface area (Å²) in [5.74, 6) is 6.94. The Morgan fingerprint density at radius 3 is 2.07 bits per heavy atom. The van der Waals surface area contributed by atoms with E-state index in [0.29, 0.717) is 23.9 Å². The van der Waals surface area contributed by atoms with Gasteiger partial charge in [0, 0.05) is 29.2 Å². The van der Waals surface area contributed by atoms with E-state index in [2.05, 4.69) is 36.2 Å². The molecule has 2 aromatic carbocycles. The first kappa shape index (κ1) is 20.9. The number of Topliss-reactive ketones (excluding diaryl/α,β-unsaturated/α-hetero) is 1. The summed E-state index contributed by atoms with van der Waals surface area (Å²) < 4.78 is 0. The summed E-state index contributed by atoms with van der Waals surface area (Å²) in [4.78, 5) is 23.5. The zero-order chi connectivity index (χ0) is 20.6. The number of rotatable bonds is 6. The Hall–Kier alpha value is -2.86. The van der Waals surface area contributed by atoms with Gasteiger partial charge in [-0.2, -0.15) is 0 Å². The Labute approximate surface area is 173 Å². The molecule has 0 radical (unpaired) electrons. The molecule has 1 atom stereocenters. The molecule has 1 N–H and O–H groups in total. The minimum atomic E-state index is 0.00555. The lowest BCUT2D eigenvalue weighted by Gasteiger charge is -2.11. The van der Waals surface area contributed by atoms with Crippen LogP contribution in [0.5, 0.6) is 0 Å². The molecular formula is C26H29NO2. The van der Waals surface area contributed by atoms with Crippen LogP contribution in [0.3, 0.4) is 0 Å². The quantitative estimate of drug-likeness (QED) is 0.716. The van der Waals surface area contributed by atoms with Crippen LogP contribution in [0.4, 0.5) is 0 Å². The van der Waals surface area contributed by atoms with Crippen LogP contribution in [-0.4, -0.2) is 17.7 Å². The van der Waals surface area contributed by atoms with Crippen molar-refractivity contribution in [2.24, 2.45) is 5.92 Å². The summed E-state index contributed by atoms with van der Waals surface area (Å²) in [5.41, 5.74) is 3.76. The van der Waals surface area contributed by atoms with Crippen molar-refractivity contribution in [2.45, 2.75) is 58.4 Å². The molecule has 1 fully saturated rings.